The molecule has 0 aliphatic carbocycles. The lowest BCUT2D eigenvalue weighted by Gasteiger charge is -2.41. The van der Waals surface area contributed by atoms with E-state index in [2.05, 4.69) is 5.32 Å². The average molecular weight is 646 g/mol. The highest BCUT2D eigenvalue weighted by Crippen LogP contribution is 2.43. The van der Waals surface area contributed by atoms with Gasteiger partial charge >= 0.3 is 0 Å². The summed E-state index contributed by atoms with van der Waals surface area (Å²) >= 11 is 1.57. The van der Waals surface area contributed by atoms with Gasteiger partial charge in [-0.15, -0.1) is 11.8 Å². The molecule has 2 N–H and O–H groups in total. The maximum absolute atomic E-state index is 14.1. The number of nitrogens with one attached hydrogen (secondary N) is 1. The van der Waals surface area contributed by atoms with Crippen LogP contribution in [0.15, 0.2) is 77.7 Å². The van der Waals surface area contributed by atoms with Crippen LogP contribution in [-0.4, -0.2) is 30.0 Å². The normalized spacial score (nSPS) is 19.7. The minimum absolute atomic E-state index is 0.0382. The highest BCUT2D eigenvalue weighted by Gasteiger charge is 2.38. The van der Waals surface area contributed by atoms with Gasteiger partial charge in [-0.3, -0.25) is 4.79 Å². The van der Waals surface area contributed by atoms with Crippen LogP contribution < -0.4 is 10.1 Å². The molecule has 1 amide bonds. The van der Waals surface area contributed by atoms with Gasteiger partial charge in [0.05, 0.1) is 25.9 Å². The van der Waals surface area contributed by atoms with Gasteiger partial charge in [0.25, 0.3) is 5.91 Å². The van der Waals surface area contributed by atoms with Crippen molar-refractivity contribution in [1.29, 1.82) is 0 Å². The second-order valence-electron chi connectivity index (χ2n) is 10.3. The van der Waals surface area contributed by atoms with E-state index in [1.54, 1.807) is 31.0 Å². The monoisotopic (exact) mass is 645 g/mol. The second-order valence-corrected chi connectivity index (χ2v) is 11.4. The number of halogens is 5. The molecule has 1 aliphatic rings. The molecule has 1 saturated heterocycles. The number of ether oxygens (including phenoxy) is 3. The smallest absolute Gasteiger partial charge is 0.261 e. The Kier molecular flexibility index (Phi) is 10.1. The van der Waals surface area contributed by atoms with E-state index in [1.807, 2.05) is 55.5 Å². The fourth-order valence-corrected chi connectivity index (χ4v) is 6.14. The van der Waals surface area contributed by atoms with Crippen molar-refractivity contribution in [3.05, 3.63) is 124 Å². The minimum atomic E-state index is -2.35. The molecule has 4 aromatic rings. The van der Waals surface area contributed by atoms with Crippen molar-refractivity contribution in [2.75, 3.05) is 18.2 Å². The molecule has 0 bridgehead atoms. The molecular weight excluding hydrogens is 617 g/mol. The van der Waals surface area contributed by atoms with Gasteiger partial charge in [0, 0.05) is 27.8 Å². The highest BCUT2D eigenvalue weighted by molar-refractivity contribution is 7.99. The zero-order chi connectivity index (χ0) is 32.2. The molecule has 6 nitrogen and oxygen atoms in total. The topological polar surface area (TPSA) is 77.0 Å². The van der Waals surface area contributed by atoms with E-state index >= 15 is 0 Å². The first kappa shape index (κ1) is 32.4. The maximum Gasteiger partial charge on any atom is 0.261 e. The molecule has 1 aliphatic heterocycles. The standard InChI is InChI=1S/C33H28F5NO5S/c1-17-23(16-45-24-6-4-3-5-22(24)42-2)43-33(44-31(17)19-9-7-18(15-40)8-10-19)20-11-13-21(14-12-20)39-32(41)25-26(34)28(36)30(38)29(37)27(25)35/h3-14,17,23,31,33,40H,15-16H2,1-2H3,(H,39,41). The van der Waals surface area contributed by atoms with Crippen LogP contribution in [0.2, 0.25) is 0 Å². The molecule has 45 heavy (non-hydrogen) atoms. The zero-order valence-corrected chi connectivity index (χ0v) is 24.8. The van der Waals surface area contributed by atoms with E-state index in [4.69, 9.17) is 14.2 Å². The summed E-state index contributed by atoms with van der Waals surface area (Å²) in [6.07, 6.45) is -1.55. The number of anilines is 1. The number of amides is 1. The molecule has 12 heteroatoms. The van der Waals surface area contributed by atoms with E-state index in [1.165, 1.54) is 12.1 Å². The van der Waals surface area contributed by atoms with Gasteiger partial charge in [0.2, 0.25) is 5.82 Å². The summed E-state index contributed by atoms with van der Waals surface area (Å²) in [4.78, 5) is 13.4. The van der Waals surface area contributed by atoms with Crippen molar-refractivity contribution in [2.24, 2.45) is 5.92 Å². The van der Waals surface area contributed by atoms with Gasteiger partial charge in [0.15, 0.2) is 29.6 Å². The van der Waals surface area contributed by atoms with Crippen LogP contribution in [0, 0.1) is 35.0 Å². The van der Waals surface area contributed by atoms with Gasteiger partial charge in [-0.2, -0.15) is 0 Å². The van der Waals surface area contributed by atoms with Crippen molar-refractivity contribution >= 4 is 23.4 Å². The number of carbonyl (C=O) groups excluding carboxylic acids is 1. The summed E-state index contributed by atoms with van der Waals surface area (Å²) in [5, 5.41) is 11.6. The molecule has 0 spiro atoms. The Morgan fingerprint density at radius 2 is 1.44 bits per heavy atom. The predicted octanol–water partition coefficient (Wildman–Crippen LogP) is 7.72. The summed E-state index contributed by atoms with van der Waals surface area (Å²) < 4.78 is 87.2. The molecule has 1 fully saturated rings. The van der Waals surface area contributed by atoms with E-state index in [0.717, 1.165) is 21.8 Å². The number of para-hydroxylation sites is 1. The van der Waals surface area contributed by atoms with Crippen LogP contribution in [0.5, 0.6) is 5.75 Å². The first-order valence-electron chi connectivity index (χ1n) is 13.8. The fourth-order valence-electron chi connectivity index (χ4n) is 4.94. The second kappa shape index (κ2) is 14.0. The Morgan fingerprint density at radius 1 is 0.844 bits per heavy atom. The summed E-state index contributed by atoms with van der Waals surface area (Å²) in [6.45, 7) is 1.92. The van der Waals surface area contributed by atoms with Gasteiger partial charge in [-0.25, -0.2) is 22.0 Å². The summed E-state index contributed by atoms with van der Waals surface area (Å²) in [7, 11) is 1.60. The maximum atomic E-state index is 14.1. The first-order chi connectivity index (χ1) is 21.6. The molecule has 4 atom stereocenters. The largest absolute Gasteiger partial charge is 0.496 e. The number of methoxy groups -OCH3 is 1. The number of benzene rings is 4. The van der Waals surface area contributed by atoms with E-state index in [-0.39, 0.29) is 24.3 Å². The van der Waals surface area contributed by atoms with Crippen LogP contribution in [0.4, 0.5) is 27.6 Å². The quantitative estimate of drug-likeness (QED) is 0.0841. The Bertz CT molecular complexity index is 1640. The van der Waals surface area contributed by atoms with Crippen molar-refractivity contribution in [3.8, 4) is 5.75 Å². The van der Waals surface area contributed by atoms with Crippen LogP contribution in [-0.2, 0) is 16.1 Å². The van der Waals surface area contributed by atoms with Crippen molar-refractivity contribution < 1.29 is 46.1 Å². The summed E-state index contributed by atoms with van der Waals surface area (Å²) in [6, 6.07) is 20.9. The van der Waals surface area contributed by atoms with Crippen LogP contribution in [0.3, 0.4) is 0 Å². The number of rotatable bonds is 9. The number of aliphatic hydroxyl groups is 1. The Labute approximate surface area is 260 Å². The van der Waals surface area contributed by atoms with Crippen molar-refractivity contribution in [1.82, 2.24) is 0 Å². The van der Waals surface area contributed by atoms with Gasteiger partial charge in [0.1, 0.15) is 11.3 Å². The molecule has 0 radical (unpaired) electrons. The molecular formula is C33H28F5NO5S. The van der Waals surface area contributed by atoms with Crippen molar-refractivity contribution in [2.45, 2.75) is 36.9 Å². The molecule has 0 saturated carbocycles. The third-order valence-electron chi connectivity index (χ3n) is 7.47. The molecule has 4 aromatic carbocycles. The molecule has 236 valence electrons. The van der Waals surface area contributed by atoms with Gasteiger partial charge in [-0.05, 0) is 35.4 Å². The molecule has 0 aromatic heterocycles. The average Bonchev–Trinajstić information content (AvgIpc) is 3.06. The minimum Gasteiger partial charge on any atom is -0.496 e. The SMILES string of the molecule is COc1ccccc1SCC1OC(c2ccc(NC(=O)c3c(F)c(F)c(F)c(F)c3F)cc2)OC(c2ccc(CO)cc2)C1C. The Balaban J connectivity index is 1.37. The Hall–Kier alpha value is -3.97. The summed E-state index contributed by atoms with van der Waals surface area (Å²) in [5.74, 6) is -11.5. The first-order valence-corrected chi connectivity index (χ1v) is 14.8. The number of hydrogen-bond acceptors (Lipinski definition) is 6. The third-order valence-corrected chi connectivity index (χ3v) is 8.62. The number of hydrogen-bond donors (Lipinski definition) is 2. The lowest BCUT2D eigenvalue weighted by atomic mass is 9.91. The molecule has 1 heterocycles. The Morgan fingerprint density at radius 3 is 2.07 bits per heavy atom. The van der Waals surface area contributed by atoms with E-state index in [9.17, 15) is 31.9 Å². The third kappa shape index (κ3) is 6.84. The lowest BCUT2D eigenvalue weighted by Crippen LogP contribution is -2.38. The highest BCUT2D eigenvalue weighted by atomic mass is 32.2. The molecule has 4 unspecified atom stereocenters. The van der Waals surface area contributed by atoms with E-state index < -0.39 is 53.0 Å². The van der Waals surface area contributed by atoms with Crippen LogP contribution in [0.25, 0.3) is 0 Å². The predicted molar refractivity (Wildman–Crippen MR) is 157 cm³/mol. The fraction of sp³-hybridized carbons (Fsp3) is 0.242. The number of thioether (sulfide) groups is 1. The zero-order valence-electron chi connectivity index (χ0n) is 24.0. The van der Waals surface area contributed by atoms with Gasteiger partial charge in [-0.1, -0.05) is 55.5 Å². The lowest BCUT2D eigenvalue weighted by molar-refractivity contribution is -0.268. The van der Waals surface area contributed by atoms with Crippen LogP contribution in [0.1, 0.15) is 46.4 Å². The number of carbonyl (C=O) groups is 1. The van der Waals surface area contributed by atoms with E-state index in [0.29, 0.717) is 11.3 Å². The van der Waals surface area contributed by atoms with Crippen molar-refractivity contribution in [3.63, 3.8) is 0 Å². The summed E-state index contributed by atoms with van der Waals surface area (Å²) in [5.41, 5.74) is 0.638. The molecule has 5 rings (SSSR count). The van der Waals surface area contributed by atoms with Crippen LogP contribution >= 0.6 is 11.8 Å². The number of aliphatic hydroxyl groups excluding tert-OH is 1. The van der Waals surface area contributed by atoms with Gasteiger partial charge < -0.3 is 24.6 Å².